The standard InChI is InChI=1S/C25H23FN4O/c1-16-5-6-17(2)22(15-16)30(18(3)31)25-23(19-11-13-27-14-12-19)24(28-29(25)4)20-7-9-21(26)10-8-20/h5-15H,1-4H3. The van der Waals surface area contributed by atoms with E-state index < -0.39 is 0 Å². The smallest absolute Gasteiger partial charge is 0.229 e. The summed E-state index contributed by atoms with van der Waals surface area (Å²) in [7, 11) is 1.81. The second-order valence-electron chi connectivity index (χ2n) is 7.56. The summed E-state index contributed by atoms with van der Waals surface area (Å²) in [5.41, 5.74) is 5.92. The molecule has 0 fully saturated rings. The van der Waals surface area contributed by atoms with Crippen molar-refractivity contribution in [2.75, 3.05) is 4.90 Å². The highest BCUT2D eigenvalue weighted by Gasteiger charge is 2.28. The van der Waals surface area contributed by atoms with Crippen molar-refractivity contribution in [2.45, 2.75) is 20.8 Å². The summed E-state index contributed by atoms with van der Waals surface area (Å²) in [5, 5.41) is 4.75. The number of nitrogens with zero attached hydrogens (tertiary/aromatic N) is 4. The van der Waals surface area contributed by atoms with Crippen LogP contribution in [0.4, 0.5) is 15.9 Å². The van der Waals surface area contributed by atoms with Gasteiger partial charge in [0.25, 0.3) is 0 Å². The van der Waals surface area contributed by atoms with Crippen LogP contribution in [-0.4, -0.2) is 20.7 Å². The molecule has 5 nitrogen and oxygen atoms in total. The molecule has 0 atom stereocenters. The highest BCUT2D eigenvalue weighted by Crippen LogP contribution is 2.42. The van der Waals surface area contributed by atoms with E-state index in [9.17, 15) is 9.18 Å². The second-order valence-corrected chi connectivity index (χ2v) is 7.56. The molecule has 31 heavy (non-hydrogen) atoms. The highest BCUT2D eigenvalue weighted by atomic mass is 19.1. The van der Waals surface area contributed by atoms with Crippen LogP contribution in [0, 0.1) is 19.7 Å². The number of amides is 1. The molecule has 4 aromatic rings. The van der Waals surface area contributed by atoms with Crippen molar-refractivity contribution in [2.24, 2.45) is 7.05 Å². The lowest BCUT2D eigenvalue weighted by Crippen LogP contribution is -2.26. The SMILES string of the molecule is CC(=O)N(c1cc(C)ccc1C)c1c(-c2ccncc2)c(-c2ccc(F)cc2)nn1C. The van der Waals surface area contributed by atoms with Crippen molar-refractivity contribution in [1.29, 1.82) is 0 Å². The van der Waals surface area contributed by atoms with E-state index in [0.29, 0.717) is 11.5 Å². The van der Waals surface area contributed by atoms with Crippen LogP contribution in [0.2, 0.25) is 0 Å². The van der Waals surface area contributed by atoms with Gasteiger partial charge in [0, 0.05) is 31.9 Å². The first-order chi connectivity index (χ1) is 14.9. The minimum Gasteiger partial charge on any atom is -0.274 e. The van der Waals surface area contributed by atoms with E-state index in [0.717, 1.165) is 33.5 Å². The van der Waals surface area contributed by atoms with Gasteiger partial charge in [-0.2, -0.15) is 5.10 Å². The largest absolute Gasteiger partial charge is 0.274 e. The zero-order valence-corrected chi connectivity index (χ0v) is 17.9. The van der Waals surface area contributed by atoms with Crippen LogP contribution in [-0.2, 0) is 11.8 Å². The first-order valence-corrected chi connectivity index (χ1v) is 9.98. The topological polar surface area (TPSA) is 51.0 Å². The van der Waals surface area contributed by atoms with Crippen LogP contribution in [0.25, 0.3) is 22.4 Å². The van der Waals surface area contributed by atoms with Crippen LogP contribution in [0.5, 0.6) is 0 Å². The molecule has 0 radical (unpaired) electrons. The maximum Gasteiger partial charge on any atom is 0.229 e. The van der Waals surface area contributed by atoms with Crippen molar-refractivity contribution in [3.8, 4) is 22.4 Å². The molecule has 0 bridgehead atoms. The maximum absolute atomic E-state index is 13.6. The number of benzene rings is 2. The number of pyridine rings is 1. The summed E-state index contributed by atoms with van der Waals surface area (Å²) in [6.45, 7) is 5.52. The molecule has 0 spiro atoms. The Morgan fingerprint density at radius 2 is 1.65 bits per heavy atom. The van der Waals surface area contributed by atoms with Gasteiger partial charge in [0.05, 0.1) is 11.3 Å². The Morgan fingerprint density at radius 1 is 0.968 bits per heavy atom. The Kier molecular flexibility index (Phi) is 5.38. The van der Waals surface area contributed by atoms with Crippen LogP contribution in [0.3, 0.4) is 0 Å². The van der Waals surface area contributed by atoms with Crippen molar-refractivity contribution >= 4 is 17.4 Å². The summed E-state index contributed by atoms with van der Waals surface area (Å²) < 4.78 is 15.3. The lowest BCUT2D eigenvalue weighted by molar-refractivity contribution is -0.115. The molecule has 1 amide bonds. The van der Waals surface area contributed by atoms with Gasteiger partial charge in [-0.1, -0.05) is 12.1 Å². The number of carbonyl (C=O) groups is 1. The molecule has 0 saturated carbocycles. The van der Waals surface area contributed by atoms with Crippen LogP contribution in [0.1, 0.15) is 18.1 Å². The normalized spacial score (nSPS) is 10.9. The fraction of sp³-hybridized carbons (Fsp3) is 0.160. The predicted octanol–water partition coefficient (Wildman–Crippen LogP) is 5.59. The lowest BCUT2D eigenvalue weighted by atomic mass is 10.0. The van der Waals surface area contributed by atoms with Crippen LogP contribution in [0.15, 0.2) is 67.0 Å². The molecule has 0 saturated heterocycles. The molecule has 4 rings (SSSR count). The van der Waals surface area contributed by atoms with E-state index >= 15 is 0 Å². The van der Waals surface area contributed by atoms with Gasteiger partial charge >= 0.3 is 0 Å². The monoisotopic (exact) mass is 414 g/mol. The zero-order chi connectivity index (χ0) is 22.1. The number of hydrogen-bond acceptors (Lipinski definition) is 3. The first-order valence-electron chi connectivity index (χ1n) is 9.98. The number of rotatable bonds is 4. The average molecular weight is 414 g/mol. The van der Waals surface area contributed by atoms with Crippen molar-refractivity contribution < 1.29 is 9.18 Å². The third kappa shape index (κ3) is 3.84. The van der Waals surface area contributed by atoms with Crippen molar-refractivity contribution in [1.82, 2.24) is 14.8 Å². The molecule has 0 aliphatic carbocycles. The second kappa shape index (κ2) is 8.14. The number of hydrogen-bond donors (Lipinski definition) is 0. The van der Waals surface area contributed by atoms with Gasteiger partial charge in [-0.05, 0) is 73.0 Å². The first kappa shape index (κ1) is 20.5. The summed E-state index contributed by atoms with van der Waals surface area (Å²) in [4.78, 5) is 18.8. The van der Waals surface area contributed by atoms with Crippen molar-refractivity contribution in [3.63, 3.8) is 0 Å². The number of aryl methyl sites for hydroxylation is 3. The summed E-state index contributed by atoms with van der Waals surface area (Å²) in [6, 6.07) is 16.0. The van der Waals surface area contributed by atoms with E-state index in [1.165, 1.54) is 12.1 Å². The van der Waals surface area contributed by atoms with E-state index in [2.05, 4.69) is 4.98 Å². The number of anilines is 2. The van der Waals surface area contributed by atoms with Gasteiger partial charge in [0.15, 0.2) is 0 Å². The molecule has 2 aromatic heterocycles. The molecule has 6 heteroatoms. The van der Waals surface area contributed by atoms with E-state index in [4.69, 9.17) is 5.10 Å². The summed E-state index contributed by atoms with van der Waals surface area (Å²) >= 11 is 0. The van der Waals surface area contributed by atoms with E-state index in [1.807, 2.05) is 51.2 Å². The third-order valence-corrected chi connectivity index (χ3v) is 5.24. The minimum atomic E-state index is -0.314. The van der Waals surface area contributed by atoms with Gasteiger partial charge in [0.2, 0.25) is 5.91 Å². The molecular formula is C25H23FN4O. The van der Waals surface area contributed by atoms with Gasteiger partial charge in [-0.3, -0.25) is 19.4 Å². The quantitative estimate of drug-likeness (QED) is 0.437. The van der Waals surface area contributed by atoms with E-state index in [1.54, 1.807) is 41.0 Å². The van der Waals surface area contributed by atoms with Gasteiger partial charge in [0.1, 0.15) is 17.3 Å². The minimum absolute atomic E-state index is 0.127. The number of halogens is 1. The Bertz CT molecular complexity index is 1250. The van der Waals surface area contributed by atoms with E-state index in [-0.39, 0.29) is 11.7 Å². The number of carbonyl (C=O) groups excluding carboxylic acids is 1. The van der Waals surface area contributed by atoms with Crippen LogP contribution < -0.4 is 4.90 Å². The molecular weight excluding hydrogens is 391 g/mol. The fourth-order valence-electron chi connectivity index (χ4n) is 3.76. The lowest BCUT2D eigenvalue weighted by Gasteiger charge is -2.25. The highest BCUT2D eigenvalue weighted by molar-refractivity contribution is 6.04. The zero-order valence-electron chi connectivity index (χ0n) is 17.9. The van der Waals surface area contributed by atoms with Gasteiger partial charge < -0.3 is 0 Å². The molecule has 2 heterocycles. The Morgan fingerprint density at radius 3 is 2.29 bits per heavy atom. The molecule has 0 N–H and O–H groups in total. The van der Waals surface area contributed by atoms with Crippen LogP contribution >= 0.6 is 0 Å². The number of aromatic nitrogens is 3. The fourth-order valence-corrected chi connectivity index (χ4v) is 3.76. The van der Waals surface area contributed by atoms with Crippen molar-refractivity contribution in [3.05, 3.63) is 83.9 Å². The maximum atomic E-state index is 13.6. The molecule has 0 aliphatic heterocycles. The third-order valence-electron chi connectivity index (χ3n) is 5.24. The van der Waals surface area contributed by atoms with Gasteiger partial charge in [-0.15, -0.1) is 0 Å². The molecule has 156 valence electrons. The molecule has 0 unspecified atom stereocenters. The Hall–Kier alpha value is -3.80. The predicted molar refractivity (Wildman–Crippen MR) is 121 cm³/mol. The Balaban J connectivity index is 2.04. The molecule has 2 aromatic carbocycles. The average Bonchev–Trinajstić information content (AvgIpc) is 3.08. The summed E-state index contributed by atoms with van der Waals surface area (Å²) in [5.74, 6) is 0.204. The summed E-state index contributed by atoms with van der Waals surface area (Å²) in [6.07, 6.45) is 3.41. The molecule has 0 aliphatic rings. The Labute approximate surface area is 180 Å². The van der Waals surface area contributed by atoms with Gasteiger partial charge in [-0.25, -0.2) is 4.39 Å².